The summed E-state index contributed by atoms with van der Waals surface area (Å²) in [5, 5.41) is 0. The van der Waals surface area contributed by atoms with E-state index < -0.39 is 0 Å². The van der Waals surface area contributed by atoms with E-state index >= 15 is 0 Å². The third kappa shape index (κ3) is 2.37. The number of rotatable bonds is 4. The third-order valence-electron chi connectivity index (χ3n) is 4.80. The zero-order valence-corrected chi connectivity index (χ0v) is 11.9. The summed E-state index contributed by atoms with van der Waals surface area (Å²) in [6, 6.07) is 8.79. The molecule has 0 amide bonds. The fourth-order valence-electron chi connectivity index (χ4n) is 3.99. The molecular formula is C16H24N2O. The Labute approximate surface area is 115 Å². The first kappa shape index (κ1) is 12.9. The minimum Gasteiger partial charge on any atom is -0.488 e. The molecule has 0 radical (unpaired) electrons. The molecule has 4 atom stereocenters. The maximum Gasteiger partial charge on any atom is 0.120 e. The van der Waals surface area contributed by atoms with Gasteiger partial charge in [-0.15, -0.1) is 0 Å². The van der Waals surface area contributed by atoms with Gasteiger partial charge in [0.1, 0.15) is 11.9 Å². The fourth-order valence-corrected chi connectivity index (χ4v) is 3.99. The van der Waals surface area contributed by atoms with Crippen molar-refractivity contribution < 1.29 is 4.74 Å². The van der Waals surface area contributed by atoms with Crippen LogP contribution in [0.4, 0.5) is 0 Å². The van der Waals surface area contributed by atoms with Crippen LogP contribution >= 0.6 is 0 Å². The third-order valence-corrected chi connectivity index (χ3v) is 4.80. The lowest BCUT2D eigenvalue weighted by Crippen LogP contribution is -2.46. The number of likely N-dealkylation sites (N-methyl/N-ethyl adjacent to an activating group) is 1. The Morgan fingerprint density at radius 1 is 1.26 bits per heavy atom. The smallest absolute Gasteiger partial charge is 0.120 e. The van der Waals surface area contributed by atoms with Crippen molar-refractivity contribution in [1.82, 2.24) is 4.90 Å². The molecule has 3 heteroatoms. The molecule has 0 spiro atoms. The first-order valence-electron chi connectivity index (χ1n) is 7.31. The first-order chi connectivity index (χ1) is 9.19. The van der Waals surface area contributed by atoms with Crippen LogP contribution in [0.1, 0.15) is 24.8 Å². The topological polar surface area (TPSA) is 38.5 Å². The van der Waals surface area contributed by atoms with Crippen molar-refractivity contribution in [3.05, 3.63) is 29.8 Å². The standard InChI is InChI=1S/C16H24N2O/c1-18(2)15-12-6-7-13(9-12)16(15)19-14-5-3-4-11(8-14)10-17/h3-5,8,12-13,15-16H,6-7,9-10,17H2,1-2H3. The summed E-state index contributed by atoms with van der Waals surface area (Å²) >= 11 is 0. The molecule has 0 aromatic heterocycles. The normalized spacial score (nSPS) is 33.1. The number of fused-ring (bicyclic) bond motifs is 2. The van der Waals surface area contributed by atoms with Crippen molar-refractivity contribution in [3.63, 3.8) is 0 Å². The second kappa shape index (κ2) is 5.14. The Morgan fingerprint density at radius 3 is 2.79 bits per heavy atom. The highest BCUT2D eigenvalue weighted by Crippen LogP contribution is 2.47. The highest BCUT2D eigenvalue weighted by molar-refractivity contribution is 5.29. The monoisotopic (exact) mass is 260 g/mol. The van der Waals surface area contributed by atoms with Crippen molar-refractivity contribution in [2.45, 2.75) is 38.0 Å². The van der Waals surface area contributed by atoms with Crippen LogP contribution in [0, 0.1) is 11.8 Å². The summed E-state index contributed by atoms with van der Waals surface area (Å²) in [5.41, 5.74) is 6.84. The van der Waals surface area contributed by atoms with Crippen molar-refractivity contribution >= 4 is 0 Å². The molecule has 3 rings (SSSR count). The second-order valence-corrected chi connectivity index (χ2v) is 6.22. The van der Waals surface area contributed by atoms with Crippen LogP contribution in [0.25, 0.3) is 0 Å². The predicted molar refractivity (Wildman–Crippen MR) is 77.1 cm³/mol. The lowest BCUT2D eigenvalue weighted by Gasteiger charge is -2.35. The van der Waals surface area contributed by atoms with Gasteiger partial charge >= 0.3 is 0 Å². The first-order valence-corrected chi connectivity index (χ1v) is 7.31. The van der Waals surface area contributed by atoms with E-state index in [1.807, 2.05) is 6.07 Å². The van der Waals surface area contributed by atoms with Crippen LogP contribution in [-0.2, 0) is 6.54 Å². The number of nitrogens with zero attached hydrogens (tertiary/aromatic N) is 1. The lowest BCUT2D eigenvalue weighted by molar-refractivity contribution is 0.0537. The molecule has 0 aliphatic heterocycles. The van der Waals surface area contributed by atoms with Crippen LogP contribution in [0.5, 0.6) is 5.75 Å². The van der Waals surface area contributed by atoms with Crippen molar-refractivity contribution in [1.29, 1.82) is 0 Å². The summed E-state index contributed by atoms with van der Waals surface area (Å²) in [6.45, 7) is 0.574. The molecule has 2 aliphatic carbocycles. The molecule has 19 heavy (non-hydrogen) atoms. The SMILES string of the molecule is CN(C)C1C2CCC(C2)C1Oc1cccc(CN)c1. The largest absolute Gasteiger partial charge is 0.488 e. The van der Waals surface area contributed by atoms with E-state index in [0.717, 1.165) is 23.1 Å². The summed E-state index contributed by atoms with van der Waals surface area (Å²) < 4.78 is 6.33. The van der Waals surface area contributed by atoms with E-state index in [1.165, 1.54) is 19.3 Å². The number of hydrogen-bond donors (Lipinski definition) is 1. The average Bonchev–Trinajstić information content (AvgIpc) is 2.99. The van der Waals surface area contributed by atoms with E-state index in [9.17, 15) is 0 Å². The maximum atomic E-state index is 6.33. The number of hydrogen-bond acceptors (Lipinski definition) is 3. The lowest BCUT2D eigenvalue weighted by atomic mass is 9.91. The zero-order chi connectivity index (χ0) is 13.4. The van der Waals surface area contributed by atoms with Crippen molar-refractivity contribution in [2.75, 3.05) is 14.1 Å². The maximum absolute atomic E-state index is 6.33. The molecule has 1 aromatic rings. The van der Waals surface area contributed by atoms with Gasteiger partial charge in [0.05, 0.1) is 0 Å². The Bertz CT molecular complexity index is 446. The molecule has 2 aliphatic rings. The minimum absolute atomic E-state index is 0.349. The number of ether oxygens (including phenoxy) is 1. The minimum atomic E-state index is 0.349. The number of nitrogens with two attached hydrogens (primary N) is 1. The summed E-state index contributed by atoms with van der Waals surface area (Å²) in [7, 11) is 4.36. The number of benzene rings is 1. The van der Waals surface area contributed by atoms with E-state index in [4.69, 9.17) is 10.5 Å². The van der Waals surface area contributed by atoms with Gasteiger partial charge in [-0.05, 0) is 62.9 Å². The Balaban J connectivity index is 1.77. The van der Waals surface area contributed by atoms with Gasteiger partial charge in [-0.2, -0.15) is 0 Å². The molecule has 0 heterocycles. The van der Waals surface area contributed by atoms with Gasteiger partial charge in [-0.3, -0.25) is 0 Å². The van der Waals surface area contributed by atoms with Gasteiger partial charge in [0, 0.05) is 12.6 Å². The Morgan fingerprint density at radius 2 is 2.05 bits per heavy atom. The Kier molecular flexibility index (Phi) is 3.50. The van der Waals surface area contributed by atoms with E-state index in [1.54, 1.807) is 0 Å². The highest BCUT2D eigenvalue weighted by atomic mass is 16.5. The summed E-state index contributed by atoms with van der Waals surface area (Å²) in [4.78, 5) is 2.35. The highest BCUT2D eigenvalue weighted by Gasteiger charge is 2.49. The molecule has 2 N–H and O–H groups in total. The summed E-state index contributed by atoms with van der Waals surface area (Å²) in [6.07, 6.45) is 4.39. The van der Waals surface area contributed by atoms with Crippen molar-refractivity contribution in [2.24, 2.45) is 17.6 Å². The molecule has 104 valence electrons. The van der Waals surface area contributed by atoms with Crippen LogP contribution < -0.4 is 10.5 Å². The predicted octanol–water partition coefficient (Wildman–Crippen LogP) is 2.25. The van der Waals surface area contributed by atoms with Crippen molar-refractivity contribution in [3.8, 4) is 5.75 Å². The van der Waals surface area contributed by atoms with Gasteiger partial charge in [0.15, 0.2) is 0 Å². The van der Waals surface area contributed by atoms with Crippen LogP contribution in [0.2, 0.25) is 0 Å². The molecule has 2 bridgehead atoms. The molecule has 3 nitrogen and oxygen atoms in total. The quantitative estimate of drug-likeness (QED) is 0.902. The van der Waals surface area contributed by atoms with E-state index in [0.29, 0.717) is 18.7 Å². The van der Waals surface area contributed by atoms with Gasteiger partial charge in [0.2, 0.25) is 0 Å². The molecule has 4 unspecified atom stereocenters. The van der Waals surface area contributed by atoms with Gasteiger partial charge in [-0.1, -0.05) is 12.1 Å². The van der Waals surface area contributed by atoms with Gasteiger partial charge < -0.3 is 15.4 Å². The average molecular weight is 260 g/mol. The fraction of sp³-hybridized carbons (Fsp3) is 0.625. The van der Waals surface area contributed by atoms with Crippen LogP contribution in [0.3, 0.4) is 0 Å². The van der Waals surface area contributed by atoms with Gasteiger partial charge in [-0.25, -0.2) is 0 Å². The van der Waals surface area contributed by atoms with Crippen LogP contribution in [0.15, 0.2) is 24.3 Å². The Hall–Kier alpha value is -1.06. The zero-order valence-electron chi connectivity index (χ0n) is 11.9. The molecular weight excluding hydrogens is 236 g/mol. The van der Waals surface area contributed by atoms with Crippen LogP contribution in [-0.4, -0.2) is 31.1 Å². The molecule has 2 saturated carbocycles. The van der Waals surface area contributed by atoms with E-state index in [-0.39, 0.29) is 0 Å². The second-order valence-electron chi connectivity index (χ2n) is 6.22. The van der Waals surface area contributed by atoms with E-state index in [2.05, 4.69) is 37.2 Å². The molecule has 2 fully saturated rings. The molecule has 0 saturated heterocycles. The van der Waals surface area contributed by atoms with Gasteiger partial charge in [0.25, 0.3) is 0 Å². The molecule has 1 aromatic carbocycles. The summed E-state index contributed by atoms with van der Waals surface area (Å²) in [5.74, 6) is 2.54.